The number of para-hydroxylation sites is 3. The molecule has 0 bridgehead atoms. The standard InChI is InChI=1S/C34H30N2O/c1-21(2)23-17-16-22(3)35-28(20-23)26-18-19-31(33-27-12-6-9-15-32(27)37-34(26)33)36-29-13-7-4-10-24(29)25-11-5-8-14-30(25)36/h4-15,18-22H,16-17H2,1-3H3. The second-order valence-corrected chi connectivity index (χ2v) is 10.6. The Morgan fingerprint density at radius 2 is 1.46 bits per heavy atom. The monoisotopic (exact) mass is 482 g/mol. The van der Waals surface area contributed by atoms with E-state index in [1.165, 1.54) is 27.4 Å². The van der Waals surface area contributed by atoms with Gasteiger partial charge in [-0.2, -0.15) is 0 Å². The van der Waals surface area contributed by atoms with Gasteiger partial charge in [-0.1, -0.05) is 74.0 Å². The molecule has 1 aliphatic heterocycles. The summed E-state index contributed by atoms with van der Waals surface area (Å²) in [5, 5.41) is 4.79. The summed E-state index contributed by atoms with van der Waals surface area (Å²) in [6, 6.07) is 30.5. The summed E-state index contributed by atoms with van der Waals surface area (Å²) in [5.41, 5.74) is 8.91. The van der Waals surface area contributed by atoms with Gasteiger partial charge in [0.25, 0.3) is 0 Å². The first-order valence-corrected chi connectivity index (χ1v) is 13.3. The van der Waals surface area contributed by atoms with Crippen molar-refractivity contribution in [2.45, 2.75) is 39.7 Å². The number of fused-ring (bicyclic) bond motifs is 6. The Labute approximate surface area is 216 Å². The van der Waals surface area contributed by atoms with E-state index in [1.54, 1.807) is 0 Å². The van der Waals surface area contributed by atoms with Gasteiger partial charge in [-0.3, -0.25) is 4.99 Å². The highest BCUT2D eigenvalue weighted by Crippen LogP contribution is 2.40. The van der Waals surface area contributed by atoms with Gasteiger partial charge >= 0.3 is 0 Å². The van der Waals surface area contributed by atoms with E-state index in [9.17, 15) is 0 Å². The zero-order valence-corrected chi connectivity index (χ0v) is 21.5. The third kappa shape index (κ3) is 3.45. The number of allylic oxidation sites excluding steroid dienone is 2. The van der Waals surface area contributed by atoms with Crippen LogP contribution >= 0.6 is 0 Å². The van der Waals surface area contributed by atoms with Crippen LogP contribution in [0.5, 0.6) is 0 Å². The highest BCUT2D eigenvalue weighted by molar-refractivity contribution is 6.22. The van der Waals surface area contributed by atoms with E-state index < -0.39 is 0 Å². The summed E-state index contributed by atoms with van der Waals surface area (Å²) in [5.74, 6) is 0.499. The molecule has 0 fully saturated rings. The van der Waals surface area contributed by atoms with Crippen molar-refractivity contribution in [2.24, 2.45) is 10.9 Å². The molecule has 1 atom stereocenters. The number of hydrogen-bond donors (Lipinski definition) is 0. The van der Waals surface area contributed by atoms with Gasteiger partial charge < -0.3 is 8.98 Å². The minimum atomic E-state index is 0.277. The average molecular weight is 483 g/mol. The van der Waals surface area contributed by atoms with Crippen LogP contribution in [-0.2, 0) is 0 Å². The molecular formula is C34H30N2O. The molecule has 0 saturated carbocycles. The lowest BCUT2D eigenvalue weighted by atomic mass is 9.95. The highest BCUT2D eigenvalue weighted by Gasteiger charge is 2.22. The van der Waals surface area contributed by atoms with Crippen LogP contribution in [0, 0.1) is 5.92 Å². The lowest BCUT2D eigenvalue weighted by molar-refractivity contribution is 0.628. The van der Waals surface area contributed by atoms with Crippen molar-refractivity contribution < 1.29 is 4.42 Å². The Morgan fingerprint density at radius 1 is 0.811 bits per heavy atom. The fraction of sp³-hybridized carbons (Fsp3) is 0.206. The number of furan rings is 1. The largest absolute Gasteiger partial charge is 0.455 e. The number of aromatic nitrogens is 1. The Balaban J connectivity index is 1.59. The molecule has 1 unspecified atom stereocenters. The third-order valence-corrected chi connectivity index (χ3v) is 7.88. The van der Waals surface area contributed by atoms with Crippen molar-refractivity contribution in [1.29, 1.82) is 0 Å². The Morgan fingerprint density at radius 3 is 2.16 bits per heavy atom. The number of hydrogen-bond acceptors (Lipinski definition) is 2. The zero-order chi connectivity index (χ0) is 25.1. The van der Waals surface area contributed by atoms with Gasteiger partial charge in [0.2, 0.25) is 0 Å². The van der Waals surface area contributed by atoms with Gasteiger partial charge in [0.15, 0.2) is 0 Å². The van der Waals surface area contributed by atoms with Crippen LogP contribution in [0.1, 0.15) is 39.2 Å². The summed E-state index contributed by atoms with van der Waals surface area (Å²) in [7, 11) is 0. The van der Waals surface area contributed by atoms with Crippen molar-refractivity contribution in [2.75, 3.05) is 0 Å². The highest BCUT2D eigenvalue weighted by atomic mass is 16.3. The quantitative estimate of drug-likeness (QED) is 0.247. The van der Waals surface area contributed by atoms with Crippen LogP contribution in [0.4, 0.5) is 0 Å². The van der Waals surface area contributed by atoms with Crippen LogP contribution < -0.4 is 0 Å². The van der Waals surface area contributed by atoms with Crippen LogP contribution in [0.2, 0.25) is 0 Å². The van der Waals surface area contributed by atoms with Gasteiger partial charge in [0.1, 0.15) is 11.2 Å². The summed E-state index contributed by atoms with van der Waals surface area (Å²) in [4.78, 5) is 5.16. The lowest BCUT2D eigenvalue weighted by Gasteiger charge is -2.13. The molecule has 0 radical (unpaired) electrons. The Kier molecular flexibility index (Phi) is 5.07. The third-order valence-electron chi connectivity index (χ3n) is 7.88. The molecular weight excluding hydrogens is 452 g/mol. The molecule has 182 valence electrons. The van der Waals surface area contributed by atoms with Crippen molar-refractivity contribution in [3.8, 4) is 5.69 Å². The summed E-state index contributed by atoms with van der Waals surface area (Å²) in [6.45, 7) is 6.78. The maximum atomic E-state index is 6.65. The van der Waals surface area contributed by atoms with E-state index >= 15 is 0 Å². The molecule has 0 amide bonds. The molecule has 3 heterocycles. The molecule has 1 aliphatic rings. The van der Waals surface area contributed by atoms with E-state index in [4.69, 9.17) is 9.41 Å². The van der Waals surface area contributed by atoms with Gasteiger partial charge in [-0.25, -0.2) is 0 Å². The average Bonchev–Trinajstić information content (AvgIpc) is 3.39. The zero-order valence-electron chi connectivity index (χ0n) is 21.5. The number of nitrogens with zero attached hydrogens (tertiary/aromatic N) is 2. The van der Waals surface area contributed by atoms with E-state index in [-0.39, 0.29) is 6.04 Å². The van der Waals surface area contributed by atoms with Crippen LogP contribution in [0.25, 0.3) is 49.4 Å². The molecule has 7 rings (SSSR count). The Bertz CT molecular complexity index is 1830. The van der Waals surface area contributed by atoms with Gasteiger partial charge in [-0.15, -0.1) is 0 Å². The van der Waals surface area contributed by atoms with E-state index in [0.717, 1.165) is 51.7 Å². The van der Waals surface area contributed by atoms with Crippen molar-refractivity contribution in [1.82, 2.24) is 4.57 Å². The normalized spacial score (nSPS) is 16.6. The Hall–Kier alpha value is -4.11. The van der Waals surface area contributed by atoms with Crippen LogP contribution in [-0.4, -0.2) is 16.3 Å². The molecule has 2 aromatic heterocycles. The predicted octanol–water partition coefficient (Wildman–Crippen LogP) is 9.24. The second-order valence-electron chi connectivity index (χ2n) is 10.6. The first-order chi connectivity index (χ1) is 18.1. The topological polar surface area (TPSA) is 30.4 Å². The molecule has 0 aliphatic carbocycles. The van der Waals surface area contributed by atoms with Crippen LogP contribution in [0.15, 0.2) is 106 Å². The first kappa shape index (κ1) is 22.1. The maximum absolute atomic E-state index is 6.65. The molecule has 6 aromatic rings. The van der Waals surface area contributed by atoms with Crippen molar-refractivity contribution >= 4 is 49.5 Å². The SMILES string of the molecule is CC1CCC(C(C)C)=CC(c2ccc(-n3c4ccccc4c4ccccc43)c3c2oc2ccccc23)=N1. The maximum Gasteiger partial charge on any atom is 0.146 e. The lowest BCUT2D eigenvalue weighted by Crippen LogP contribution is -2.04. The second kappa shape index (κ2) is 8.48. The minimum absolute atomic E-state index is 0.277. The molecule has 0 N–H and O–H groups in total. The smallest absolute Gasteiger partial charge is 0.146 e. The predicted molar refractivity (Wildman–Crippen MR) is 156 cm³/mol. The number of aliphatic imine (C=N–C) groups is 1. The molecule has 0 spiro atoms. The minimum Gasteiger partial charge on any atom is -0.455 e. The first-order valence-electron chi connectivity index (χ1n) is 13.3. The summed E-state index contributed by atoms with van der Waals surface area (Å²) >= 11 is 0. The fourth-order valence-corrected chi connectivity index (χ4v) is 5.95. The molecule has 3 nitrogen and oxygen atoms in total. The summed E-state index contributed by atoms with van der Waals surface area (Å²) < 4.78 is 9.04. The molecule has 3 heteroatoms. The van der Waals surface area contributed by atoms with Crippen molar-refractivity contribution in [3.63, 3.8) is 0 Å². The van der Waals surface area contributed by atoms with Gasteiger partial charge in [0, 0.05) is 27.8 Å². The molecule has 0 saturated heterocycles. The summed E-state index contributed by atoms with van der Waals surface area (Å²) in [6.07, 6.45) is 4.49. The van der Waals surface area contributed by atoms with E-state index in [2.05, 4.69) is 110 Å². The molecule has 4 aromatic carbocycles. The fourth-order valence-electron chi connectivity index (χ4n) is 5.95. The van der Waals surface area contributed by atoms with Crippen LogP contribution in [0.3, 0.4) is 0 Å². The number of benzene rings is 4. The van der Waals surface area contributed by atoms with Gasteiger partial charge in [-0.05, 0) is 62.1 Å². The molecule has 37 heavy (non-hydrogen) atoms. The van der Waals surface area contributed by atoms with E-state index in [1.807, 2.05) is 6.07 Å². The van der Waals surface area contributed by atoms with E-state index in [0.29, 0.717) is 5.92 Å². The number of rotatable bonds is 3. The van der Waals surface area contributed by atoms with Crippen molar-refractivity contribution in [3.05, 3.63) is 102 Å². The van der Waals surface area contributed by atoms with Gasteiger partial charge in [0.05, 0.1) is 27.8 Å².